The number of aromatic nitrogens is 2. The molecule has 0 aromatic carbocycles. The van der Waals surface area contributed by atoms with Crippen LogP contribution in [0.5, 0.6) is 0 Å². The molecule has 0 radical (unpaired) electrons. The van der Waals surface area contributed by atoms with E-state index in [-0.39, 0.29) is 23.3 Å². The molecule has 0 unspecified atom stereocenters. The van der Waals surface area contributed by atoms with Crippen LogP contribution in [0.2, 0.25) is 0 Å². The Morgan fingerprint density at radius 3 is 2.81 bits per heavy atom. The van der Waals surface area contributed by atoms with E-state index in [2.05, 4.69) is 14.7 Å². The molecule has 0 aliphatic carbocycles. The molecule has 2 rings (SSSR count). The number of ether oxygens (including phenoxy) is 1. The highest BCUT2D eigenvalue weighted by atomic mass is 32.1. The first-order chi connectivity index (χ1) is 10.0. The van der Waals surface area contributed by atoms with E-state index in [9.17, 15) is 9.59 Å². The van der Waals surface area contributed by atoms with E-state index in [4.69, 9.17) is 11.5 Å². The molecule has 112 valence electrons. The lowest BCUT2D eigenvalue weighted by Crippen LogP contribution is -2.19. The van der Waals surface area contributed by atoms with Crippen molar-refractivity contribution in [1.29, 1.82) is 0 Å². The van der Waals surface area contributed by atoms with E-state index in [1.54, 1.807) is 6.07 Å². The second-order valence-corrected chi connectivity index (χ2v) is 5.59. The molecule has 8 heteroatoms. The maximum Gasteiger partial charge on any atom is 0.348 e. The summed E-state index contributed by atoms with van der Waals surface area (Å²) >= 11 is 1.38. The van der Waals surface area contributed by atoms with Crippen LogP contribution in [0.3, 0.4) is 0 Å². The number of hydrogen-bond acceptors (Lipinski definition) is 7. The van der Waals surface area contributed by atoms with Crippen LogP contribution < -0.4 is 17.0 Å². The second-order valence-electron chi connectivity index (χ2n) is 4.43. The van der Waals surface area contributed by atoms with E-state index >= 15 is 0 Å². The molecule has 0 spiro atoms. The molecule has 0 amide bonds. The number of nitrogen functional groups attached to an aromatic ring is 2. The fraction of sp³-hybridized carbons (Fsp3) is 0.308. The number of nitrogens with two attached hydrogens (primary N) is 2. The van der Waals surface area contributed by atoms with Crippen molar-refractivity contribution in [2.45, 2.75) is 19.3 Å². The summed E-state index contributed by atoms with van der Waals surface area (Å²) in [7, 11) is 1.35. The maximum atomic E-state index is 11.7. The summed E-state index contributed by atoms with van der Waals surface area (Å²) in [5.74, 6) is -0.158. The largest absolute Gasteiger partial charge is 0.465 e. The van der Waals surface area contributed by atoms with Crippen LogP contribution in [0.4, 0.5) is 11.8 Å². The number of carbonyl (C=O) groups excluding carboxylic acids is 1. The molecule has 0 aliphatic rings. The fourth-order valence-electron chi connectivity index (χ4n) is 1.94. The number of H-pyrrole nitrogens is 1. The number of esters is 1. The number of methoxy groups -OCH3 is 1. The quantitative estimate of drug-likeness (QED) is 0.707. The Kier molecular flexibility index (Phi) is 4.59. The SMILES string of the molecule is COC(=O)c1ccc(CCCc2c(N)nc(N)[nH]c2=O)s1. The first-order valence-electron chi connectivity index (χ1n) is 6.32. The van der Waals surface area contributed by atoms with E-state index in [0.29, 0.717) is 16.9 Å². The number of thiophene rings is 1. The number of nitrogens with one attached hydrogen (secondary N) is 1. The third-order valence-electron chi connectivity index (χ3n) is 2.96. The smallest absolute Gasteiger partial charge is 0.348 e. The Hall–Kier alpha value is -2.35. The first kappa shape index (κ1) is 15.0. The Balaban J connectivity index is 1.97. The van der Waals surface area contributed by atoms with Crippen LogP contribution in [-0.4, -0.2) is 23.0 Å². The second kappa shape index (κ2) is 6.40. The van der Waals surface area contributed by atoms with Crippen molar-refractivity contribution < 1.29 is 9.53 Å². The van der Waals surface area contributed by atoms with Crippen molar-refractivity contribution in [2.75, 3.05) is 18.6 Å². The van der Waals surface area contributed by atoms with Crippen LogP contribution in [0.1, 0.15) is 26.5 Å². The zero-order valence-electron chi connectivity index (χ0n) is 11.5. The molecule has 0 saturated heterocycles. The minimum Gasteiger partial charge on any atom is -0.465 e. The lowest BCUT2D eigenvalue weighted by molar-refractivity contribution is 0.0606. The number of hydrogen-bond donors (Lipinski definition) is 3. The molecule has 2 aromatic rings. The lowest BCUT2D eigenvalue weighted by Gasteiger charge is -2.04. The Morgan fingerprint density at radius 2 is 2.14 bits per heavy atom. The van der Waals surface area contributed by atoms with Gasteiger partial charge in [0.1, 0.15) is 10.7 Å². The van der Waals surface area contributed by atoms with Gasteiger partial charge in [-0.3, -0.25) is 9.78 Å². The highest BCUT2D eigenvalue weighted by molar-refractivity contribution is 7.13. The van der Waals surface area contributed by atoms with Gasteiger partial charge >= 0.3 is 5.97 Å². The Labute approximate surface area is 125 Å². The highest BCUT2D eigenvalue weighted by Gasteiger charge is 2.10. The van der Waals surface area contributed by atoms with Gasteiger partial charge in [0, 0.05) is 4.88 Å². The molecule has 2 aromatic heterocycles. The predicted molar refractivity (Wildman–Crippen MR) is 81.4 cm³/mol. The monoisotopic (exact) mass is 308 g/mol. The molecular weight excluding hydrogens is 292 g/mol. The van der Waals surface area contributed by atoms with Crippen molar-refractivity contribution in [3.05, 3.63) is 37.8 Å². The lowest BCUT2D eigenvalue weighted by atomic mass is 10.1. The summed E-state index contributed by atoms with van der Waals surface area (Å²) in [4.78, 5) is 31.0. The van der Waals surface area contributed by atoms with Gasteiger partial charge in [-0.15, -0.1) is 11.3 Å². The predicted octanol–water partition coefficient (Wildman–Crippen LogP) is 0.958. The van der Waals surface area contributed by atoms with E-state index in [1.807, 2.05) is 6.07 Å². The standard InChI is InChI=1S/C13H16N4O3S/c1-20-12(19)9-6-5-7(21-9)3-2-4-8-10(14)16-13(15)17-11(8)18/h5-6H,2-4H2,1H3,(H5,14,15,16,17,18). The number of aryl methyl sites for hydroxylation is 1. The van der Waals surface area contributed by atoms with Crippen molar-refractivity contribution in [3.63, 3.8) is 0 Å². The Morgan fingerprint density at radius 1 is 1.38 bits per heavy atom. The average Bonchev–Trinajstić information content (AvgIpc) is 2.89. The summed E-state index contributed by atoms with van der Waals surface area (Å²) in [6.07, 6.45) is 1.96. The number of aromatic amines is 1. The number of rotatable bonds is 5. The van der Waals surface area contributed by atoms with Crippen LogP contribution in [-0.2, 0) is 17.6 Å². The molecular formula is C13H16N4O3S. The van der Waals surface area contributed by atoms with E-state index in [0.717, 1.165) is 17.7 Å². The molecule has 5 N–H and O–H groups in total. The summed E-state index contributed by atoms with van der Waals surface area (Å²) in [5.41, 5.74) is 11.2. The summed E-state index contributed by atoms with van der Waals surface area (Å²) in [6, 6.07) is 3.61. The van der Waals surface area contributed by atoms with Gasteiger partial charge in [-0.1, -0.05) is 0 Å². The van der Waals surface area contributed by atoms with Crippen molar-refractivity contribution >= 4 is 29.1 Å². The zero-order valence-corrected chi connectivity index (χ0v) is 12.3. The molecule has 7 nitrogen and oxygen atoms in total. The zero-order chi connectivity index (χ0) is 15.4. The van der Waals surface area contributed by atoms with Crippen molar-refractivity contribution in [3.8, 4) is 0 Å². The van der Waals surface area contributed by atoms with Gasteiger partial charge in [-0.25, -0.2) is 4.79 Å². The normalized spacial score (nSPS) is 10.5. The topological polar surface area (TPSA) is 124 Å². The van der Waals surface area contributed by atoms with Gasteiger partial charge in [-0.05, 0) is 31.4 Å². The molecule has 2 heterocycles. The molecule has 21 heavy (non-hydrogen) atoms. The summed E-state index contributed by atoms with van der Waals surface area (Å²) in [5, 5.41) is 0. The van der Waals surface area contributed by atoms with Gasteiger partial charge in [0.2, 0.25) is 5.95 Å². The Bertz CT molecular complexity index is 708. The molecule has 0 saturated carbocycles. The van der Waals surface area contributed by atoms with Crippen LogP contribution in [0.15, 0.2) is 16.9 Å². The van der Waals surface area contributed by atoms with Gasteiger partial charge < -0.3 is 16.2 Å². The van der Waals surface area contributed by atoms with E-state index in [1.165, 1.54) is 18.4 Å². The number of anilines is 2. The number of carbonyl (C=O) groups is 1. The minimum atomic E-state index is -0.338. The third-order valence-corrected chi connectivity index (χ3v) is 4.09. The number of nitrogens with zero attached hydrogens (tertiary/aromatic N) is 1. The minimum absolute atomic E-state index is 0.0160. The average molecular weight is 308 g/mol. The molecule has 0 bridgehead atoms. The van der Waals surface area contributed by atoms with Crippen molar-refractivity contribution in [1.82, 2.24) is 9.97 Å². The molecule has 0 atom stereocenters. The van der Waals surface area contributed by atoms with Gasteiger partial charge in [-0.2, -0.15) is 4.98 Å². The van der Waals surface area contributed by atoms with Gasteiger partial charge in [0.25, 0.3) is 5.56 Å². The fourth-order valence-corrected chi connectivity index (χ4v) is 2.90. The summed E-state index contributed by atoms with van der Waals surface area (Å²) < 4.78 is 4.66. The van der Waals surface area contributed by atoms with Gasteiger partial charge in [0.05, 0.1) is 12.7 Å². The van der Waals surface area contributed by atoms with Crippen LogP contribution >= 0.6 is 11.3 Å². The molecule has 0 fully saturated rings. The van der Waals surface area contributed by atoms with Crippen molar-refractivity contribution in [2.24, 2.45) is 0 Å². The summed E-state index contributed by atoms with van der Waals surface area (Å²) in [6.45, 7) is 0. The third kappa shape index (κ3) is 3.60. The van der Waals surface area contributed by atoms with Crippen LogP contribution in [0, 0.1) is 0 Å². The van der Waals surface area contributed by atoms with Crippen LogP contribution in [0.25, 0.3) is 0 Å². The molecule has 0 aliphatic heterocycles. The first-order valence-corrected chi connectivity index (χ1v) is 7.14. The highest BCUT2D eigenvalue weighted by Crippen LogP contribution is 2.19. The van der Waals surface area contributed by atoms with Gasteiger partial charge in [0.15, 0.2) is 0 Å². The van der Waals surface area contributed by atoms with E-state index < -0.39 is 0 Å². The maximum absolute atomic E-state index is 11.7.